The molecule has 0 radical (unpaired) electrons. The molecule has 3 rings (SSSR count). The molecular formula is C13H16FN4O13P3. The van der Waals surface area contributed by atoms with Crippen LogP contribution in [0.1, 0.15) is 17.5 Å². The van der Waals surface area contributed by atoms with Crippen molar-refractivity contribution >= 4 is 29.0 Å². The van der Waals surface area contributed by atoms with Gasteiger partial charge in [-0.05, 0) is 6.92 Å². The third-order valence-corrected chi connectivity index (χ3v) is 8.29. The molecule has 2 aromatic heterocycles. The molecule has 1 fully saturated rings. The first-order valence-electron chi connectivity index (χ1n) is 8.73. The van der Waals surface area contributed by atoms with Gasteiger partial charge in [-0.2, -0.15) is 19.0 Å². The Morgan fingerprint density at radius 3 is 2.47 bits per heavy atom. The number of phosphoric acid groups is 3. The summed E-state index contributed by atoms with van der Waals surface area (Å²) in [5.41, 5.74) is -2.64. The van der Waals surface area contributed by atoms with Gasteiger partial charge in [-0.25, -0.2) is 27.6 Å². The van der Waals surface area contributed by atoms with Crippen LogP contribution in [0.2, 0.25) is 0 Å². The van der Waals surface area contributed by atoms with Gasteiger partial charge in [0.15, 0.2) is 5.82 Å². The van der Waals surface area contributed by atoms with Crippen molar-refractivity contribution in [3.8, 4) is 6.07 Å². The molecule has 3 heterocycles. The summed E-state index contributed by atoms with van der Waals surface area (Å²) in [5, 5.41) is 34.2. The number of ether oxygens (including phenoxy) is 1. The van der Waals surface area contributed by atoms with Crippen LogP contribution in [0.4, 0.5) is 4.39 Å². The summed E-state index contributed by atoms with van der Waals surface area (Å²) in [6.45, 7) is 0.0919. The van der Waals surface area contributed by atoms with Crippen molar-refractivity contribution in [2.45, 2.75) is 30.8 Å². The van der Waals surface area contributed by atoms with E-state index in [9.17, 15) is 43.3 Å². The monoisotopic (exact) mass is 548 g/mol. The average Bonchev–Trinajstić information content (AvgIpc) is 3.14. The second-order valence-corrected chi connectivity index (χ2v) is 11.3. The zero-order chi connectivity index (χ0) is 25.7. The van der Waals surface area contributed by atoms with Gasteiger partial charge < -0.3 is 34.5 Å². The van der Waals surface area contributed by atoms with Crippen molar-refractivity contribution < 1.29 is 65.8 Å². The molecule has 1 saturated heterocycles. The molecule has 0 spiro atoms. The van der Waals surface area contributed by atoms with Crippen LogP contribution in [0.3, 0.4) is 0 Å². The minimum absolute atomic E-state index is 0.0921. The number of hydrogen-bond donors (Lipinski definition) is 6. The lowest BCUT2D eigenvalue weighted by atomic mass is 9.96. The highest BCUT2D eigenvalue weighted by Gasteiger charge is 2.57. The van der Waals surface area contributed by atoms with Crippen LogP contribution in [0.15, 0.2) is 12.4 Å². The number of aromatic nitrogens is 3. The maximum absolute atomic E-state index is 14.4. The van der Waals surface area contributed by atoms with Crippen LogP contribution < -0.4 is 0 Å². The van der Waals surface area contributed by atoms with E-state index in [0.717, 1.165) is 16.9 Å². The molecule has 2 unspecified atom stereocenters. The average molecular weight is 548 g/mol. The van der Waals surface area contributed by atoms with E-state index >= 15 is 0 Å². The fraction of sp³-hybridized carbons (Fsp3) is 0.462. The molecule has 34 heavy (non-hydrogen) atoms. The fourth-order valence-electron chi connectivity index (χ4n) is 3.14. The first kappa shape index (κ1) is 26.9. The van der Waals surface area contributed by atoms with E-state index < -0.39 is 59.8 Å². The molecule has 188 valence electrons. The van der Waals surface area contributed by atoms with E-state index in [1.165, 1.54) is 13.0 Å². The number of aliphatic hydroxyl groups is 2. The molecule has 0 saturated carbocycles. The minimum Gasteiger partial charge on any atom is -0.387 e. The highest BCUT2D eigenvalue weighted by molar-refractivity contribution is 7.66. The first-order valence-corrected chi connectivity index (χ1v) is 13.3. The Balaban J connectivity index is 1.85. The normalized spacial score (nSPS) is 29.0. The maximum atomic E-state index is 14.4. The zero-order valence-electron chi connectivity index (χ0n) is 16.6. The Labute approximate surface area is 188 Å². The number of hydrogen-bond acceptors (Lipinski definition) is 12. The molecule has 0 aliphatic carbocycles. The van der Waals surface area contributed by atoms with Gasteiger partial charge in [0.05, 0.1) is 11.4 Å². The Kier molecular flexibility index (Phi) is 7.19. The van der Waals surface area contributed by atoms with E-state index in [4.69, 9.17) is 14.5 Å². The number of halogens is 1. The molecule has 1 aliphatic rings. The number of aryl methyl sites for hydroxylation is 1. The molecular weight excluding hydrogens is 532 g/mol. The topological polar surface area (TPSA) is 263 Å². The van der Waals surface area contributed by atoms with Gasteiger partial charge in [-0.1, -0.05) is 0 Å². The van der Waals surface area contributed by atoms with E-state index in [-0.39, 0.29) is 16.9 Å². The van der Waals surface area contributed by atoms with Crippen molar-refractivity contribution in [3.05, 3.63) is 29.6 Å². The van der Waals surface area contributed by atoms with Gasteiger partial charge >= 0.3 is 23.5 Å². The lowest BCUT2D eigenvalue weighted by molar-refractivity contribution is -0.0729. The molecule has 6 N–H and O–H groups in total. The van der Waals surface area contributed by atoms with Crippen LogP contribution in [0.25, 0.3) is 5.52 Å². The molecule has 1 aliphatic heterocycles. The van der Waals surface area contributed by atoms with E-state index in [1.807, 2.05) is 0 Å². The summed E-state index contributed by atoms with van der Waals surface area (Å²) in [6.07, 6.45) is -4.61. The van der Waals surface area contributed by atoms with Gasteiger partial charge in [0.25, 0.3) is 0 Å². The lowest BCUT2D eigenvalue weighted by Crippen LogP contribution is -2.45. The number of phosphoric ester groups is 1. The Bertz CT molecular complexity index is 1290. The summed E-state index contributed by atoms with van der Waals surface area (Å²) in [7, 11) is -17.2. The fourth-order valence-corrected chi connectivity index (χ4v) is 6.19. The number of nitriles is 1. The molecule has 21 heteroatoms. The summed E-state index contributed by atoms with van der Waals surface area (Å²) < 4.78 is 66.3. The molecule has 0 amide bonds. The Hall–Kier alpha value is -1.67. The van der Waals surface area contributed by atoms with E-state index in [2.05, 4.69) is 23.2 Å². The number of rotatable bonds is 8. The molecule has 0 aromatic carbocycles. The SMILES string of the molecule is Cc1ncnn2c([C@@H]3O[C@](C#N)(COP(=O)(O)OP(=O)(O)OP(=O)(O)O)[C@@H](O)[C@H]3O)cc(F)c12. The van der Waals surface area contributed by atoms with Crippen LogP contribution in [-0.2, 0) is 31.6 Å². The van der Waals surface area contributed by atoms with Gasteiger partial charge in [0.2, 0.25) is 5.60 Å². The second kappa shape index (κ2) is 9.08. The standard InChI is InChI=1S/C13H16FN4O13P3/c1-6-9-7(14)2-8(18(9)17-5-16-6)11-10(19)12(20)13(3-15,29-11)4-28-33(24,25)31-34(26,27)30-32(21,22)23/h2,5,10-12,19-20H,4H2,1H3,(H,24,25)(H,26,27)(H2,21,22,23)/t10-,11-,12-,13+/m0/s1. The van der Waals surface area contributed by atoms with Crippen LogP contribution in [0.5, 0.6) is 0 Å². The van der Waals surface area contributed by atoms with Crippen LogP contribution in [0, 0.1) is 24.1 Å². The number of aliphatic hydroxyl groups excluding tert-OH is 2. The van der Waals surface area contributed by atoms with E-state index in [1.54, 1.807) is 0 Å². The smallest absolute Gasteiger partial charge is 0.387 e. The summed E-state index contributed by atoms with van der Waals surface area (Å²) >= 11 is 0. The highest BCUT2D eigenvalue weighted by Crippen LogP contribution is 2.66. The zero-order valence-corrected chi connectivity index (χ0v) is 19.3. The number of fused-ring (bicyclic) bond motifs is 1. The van der Waals surface area contributed by atoms with Gasteiger partial charge in [-0.15, -0.1) is 0 Å². The van der Waals surface area contributed by atoms with Crippen molar-refractivity contribution in [1.82, 2.24) is 14.6 Å². The van der Waals surface area contributed by atoms with Crippen molar-refractivity contribution in [2.24, 2.45) is 0 Å². The lowest BCUT2D eigenvalue weighted by Gasteiger charge is -2.25. The second-order valence-electron chi connectivity index (χ2n) is 6.86. The van der Waals surface area contributed by atoms with Crippen LogP contribution >= 0.6 is 23.5 Å². The van der Waals surface area contributed by atoms with Gasteiger partial charge in [-0.3, -0.25) is 4.52 Å². The van der Waals surface area contributed by atoms with Crippen molar-refractivity contribution in [3.63, 3.8) is 0 Å². The van der Waals surface area contributed by atoms with Crippen molar-refractivity contribution in [2.75, 3.05) is 6.61 Å². The predicted molar refractivity (Wildman–Crippen MR) is 102 cm³/mol. The Morgan fingerprint density at radius 1 is 1.24 bits per heavy atom. The summed E-state index contributed by atoms with van der Waals surface area (Å²) in [5.74, 6) is -0.818. The predicted octanol–water partition coefficient (Wildman–Crippen LogP) is -0.424. The Morgan fingerprint density at radius 2 is 1.88 bits per heavy atom. The highest BCUT2D eigenvalue weighted by atomic mass is 31.3. The third-order valence-electron chi connectivity index (χ3n) is 4.51. The molecule has 17 nitrogen and oxygen atoms in total. The molecule has 2 aromatic rings. The third kappa shape index (κ3) is 5.43. The summed E-state index contributed by atoms with van der Waals surface area (Å²) in [6, 6.07) is 2.33. The number of nitrogens with zero attached hydrogens (tertiary/aromatic N) is 4. The molecule has 6 atom stereocenters. The van der Waals surface area contributed by atoms with Gasteiger partial charge in [0.1, 0.15) is 42.8 Å². The van der Waals surface area contributed by atoms with E-state index in [0.29, 0.717) is 0 Å². The summed E-state index contributed by atoms with van der Waals surface area (Å²) in [4.78, 5) is 39.7. The van der Waals surface area contributed by atoms with Gasteiger partial charge in [0, 0.05) is 6.07 Å². The quantitative estimate of drug-likeness (QED) is 0.229. The minimum atomic E-state index is -5.84. The molecule has 0 bridgehead atoms. The largest absolute Gasteiger partial charge is 0.490 e. The van der Waals surface area contributed by atoms with Crippen molar-refractivity contribution in [1.29, 1.82) is 5.26 Å². The first-order chi connectivity index (χ1) is 15.5. The van der Waals surface area contributed by atoms with Crippen LogP contribution in [-0.4, -0.2) is 68.8 Å². The maximum Gasteiger partial charge on any atom is 0.490 e.